The van der Waals surface area contributed by atoms with Gasteiger partial charge in [-0.25, -0.2) is 8.42 Å². The van der Waals surface area contributed by atoms with Crippen molar-refractivity contribution in [3.63, 3.8) is 0 Å². The summed E-state index contributed by atoms with van der Waals surface area (Å²) >= 11 is 1.26. The number of nitrogens with two attached hydrogens (primary N) is 1. The first-order chi connectivity index (χ1) is 14.5. The first-order valence-corrected chi connectivity index (χ1v) is 12.4. The van der Waals surface area contributed by atoms with E-state index in [0.717, 1.165) is 25.7 Å². The molecule has 0 bridgehead atoms. The number of nitrogens with zero attached hydrogens (tertiary/aromatic N) is 4. The van der Waals surface area contributed by atoms with E-state index in [1.54, 1.807) is 18.2 Å². The zero-order valence-corrected chi connectivity index (χ0v) is 18.2. The third-order valence-electron chi connectivity index (χ3n) is 5.40. The van der Waals surface area contributed by atoms with Gasteiger partial charge in [0.15, 0.2) is 11.0 Å². The third-order valence-corrected chi connectivity index (χ3v) is 8.26. The molecule has 2 aromatic rings. The fourth-order valence-corrected chi connectivity index (χ4v) is 6.13. The van der Waals surface area contributed by atoms with Crippen molar-refractivity contribution >= 4 is 27.7 Å². The molecule has 2 N–H and O–H groups in total. The van der Waals surface area contributed by atoms with Crippen LogP contribution >= 0.6 is 11.8 Å². The highest BCUT2D eigenvalue weighted by atomic mass is 32.2. The quantitative estimate of drug-likeness (QED) is 0.636. The smallest absolute Gasteiger partial charge is 0.243 e. The molecule has 2 fully saturated rings. The average Bonchev–Trinajstić information content (AvgIpc) is 3.42. The van der Waals surface area contributed by atoms with Gasteiger partial charge < -0.3 is 10.5 Å². The number of carbonyl (C=O) groups is 1. The number of primary amides is 1. The summed E-state index contributed by atoms with van der Waals surface area (Å²) in [6.07, 6.45) is 4.24. The molecule has 1 aliphatic carbocycles. The summed E-state index contributed by atoms with van der Waals surface area (Å²) < 4.78 is 34.9. The number of thioether (sulfide) groups is 1. The zero-order chi connectivity index (χ0) is 21.1. The van der Waals surface area contributed by atoms with Crippen LogP contribution in [0.4, 0.5) is 0 Å². The lowest BCUT2D eigenvalue weighted by atomic mass is 10.2. The van der Waals surface area contributed by atoms with E-state index in [2.05, 4.69) is 10.2 Å². The summed E-state index contributed by atoms with van der Waals surface area (Å²) in [4.78, 5) is 11.5. The lowest BCUT2D eigenvalue weighted by molar-refractivity contribution is -0.115. The Morgan fingerprint density at radius 2 is 1.93 bits per heavy atom. The maximum atomic E-state index is 13.1. The second-order valence-corrected chi connectivity index (χ2v) is 10.3. The van der Waals surface area contributed by atoms with E-state index in [1.807, 2.05) is 10.6 Å². The van der Waals surface area contributed by atoms with E-state index >= 15 is 0 Å². The minimum absolute atomic E-state index is 0.121. The predicted molar refractivity (Wildman–Crippen MR) is 112 cm³/mol. The molecule has 0 spiro atoms. The number of benzene rings is 1. The monoisotopic (exact) mass is 451 g/mol. The summed E-state index contributed by atoms with van der Waals surface area (Å²) in [6, 6.07) is 7.06. The van der Waals surface area contributed by atoms with Crippen LogP contribution in [0, 0.1) is 0 Å². The molecule has 11 heteroatoms. The van der Waals surface area contributed by atoms with Gasteiger partial charge in [-0.15, -0.1) is 10.2 Å². The first-order valence-electron chi connectivity index (χ1n) is 10.0. The van der Waals surface area contributed by atoms with Crippen molar-refractivity contribution in [2.75, 3.05) is 32.1 Å². The van der Waals surface area contributed by atoms with E-state index < -0.39 is 15.9 Å². The fraction of sp³-hybridized carbons (Fsp3) is 0.526. The summed E-state index contributed by atoms with van der Waals surface area (Å²) in [5.74, 6) is 0.324. The Kier molecular flexibility index (Phi) is 6.42. The molecule has 9 nitrogen and oxygen atoms in total. The minimum atomic E-state index is -3.61. The second-order valence-electron chi connectivity index (χ2n) is 7.41. The van der Waals surface area contributed by atoms with E-state index in [9.17, 15) is 13.2 Å². The summed E-state index contributed by atoms with van der Waals surface area (Å²) in [7, 11) is -3.61. The van der Waals surface area contributed by atoms with Crippen molar-refractivity contribution in [3.8, 4) is 11.4 Å². The molecule has 162 valence electrons. The van der Waals surface area contributed by atoms with Gasteiger partial charge in [0, 0.05) is 24.7 Å². The number of hydrogen-bond donors (Lipinski definition) is 1. The van der Waals surface area contributed by atoms with Crippen molar-refractivity contribution < 1.29 is 17.9 Å². The third kappa shape index (κ3) is 4.39. The molecule has 0 radical (unpaired) electrons. The van der Waals surface area contributed by atoms with Gasteiger partial charge >= 0.3 is 0 Å². The molecule has 2 aliphatic rings. The molecule has 1 aromatic heterocycles. The van der Waals surface area contributed by atoms with Crippen molar-refractivity contribution in [1.82, 2.24) is 19.1 Å². The molecular weight excluding hydrogens is 426 g/mol. The van der Waals surface area contributed by atoms with Gasteiger partial charge in [0.1, 0.15) is 0 Å². The van der Waals surface area contributed by atoms with Crippen LogP contribution in [0.25, 0.3) is 11.4 Å². The molecule has 1 aromatic carbocycles. The number of morpholine rings is 1. The van der Waals surface area contributed by atoms with Crippen LogP contribution in [0.15, 0.2) is 34.3 Å². The van der Waals surface area contributed by atoms with Crippen molar-refractivity contribution in [2.45, 2.75) is 41.8 Å². The molecule has 1 aliphatic heterocycles. The van der Waals surface area contributed by atoms with Crippen LogP contribution in [-0.4, -0.2) is 65.5 Å². The van der Waals surface area contributed by atoms with Crippen LogP contribution in [0.1, 0.15) is 31.7 Å². The fourth-order valence-electron chi connectivity index (χ4n) is 3.93. The van der Waals surface area contributed by atoms with Gasteiger partial charge in [-0.05, 0) is 25.0 Å². The van der Waals surface area contributed by atoms with Crippen LogP contribution in [0.2, 0.25) is 0 Å². The normalized spacial score (nSPS) is 18.7. The Bertz CT molecular complexity index is 1010. The van der Waals surface area contributed by atoms with Crippen LogP contribution in [0.3, 0.4) is 0 Å². The molecule has 0 atom stereocenters. The van der Waals surface area contributed by atoms with Gasteiger partial charge in [0.25, 0.3) is 0 Å². The topological polar surface area (TPSA) is 120 Å². The molecule has 1 amide bonds. The second kappa shape index (κ2) is 9.04. The van der Waals surface area contributed by atoms with E-state index in [0.29, 0.717) is 42.8 Å². The van der Waals surface area contributed by atoms with E-state index in [1.165, 1.54) is 16.1 Å². The number of rotatable bonds is 7. The summed E-state index contributed by atoms with van der Waals surface area (Å²) in [5, 5.41) is 9.27. The maximum Gasteiger partial charge on any atom is 0.243 e. The van der Waals surface area contributed by atoms with Crippen LogP contribution in [-0.2, 0) is 19.6 Å². The summed E-state index contributed by atoms with van der Waals surface area (Å²) in [5.41, 5.74) is 5.99. The Morgan fingerprint density at radius 3 is 2.63 bits per heavy atom. The average molecular weight is 452 g/mol. The number of aromatic nitrogens is 3. The highest BCUT2D eigenvalue weighted by Gasteiger charge is 2.28. The first kappa shape index (κ1) is 21.3. The number of carbonyl (C=O) groups excluding carboxylic acids is 1. The zero-order valence-electron chi connectivity index (χ0n) is 16.6. The van der Waals surface area contributed by atoms with Gasteiger partial charge in [0.05, 0.1) is 23.9 Å². The summed E-state index contributed by atoms with van der Waals surface area (Å²) in [6.45, 7) is 1.49. The van der Waals surface area contributed by atoms with Gasteiger partial charge in [-0.1, -0.05) is 36.7 Å². The van der Waals surface area contributed by atoms with Gasteiger partial charge in [-0.3, -0.25) is 9.36 Å². The lowest BCUT2D eigenvalue weighted by Crippen LogP contribution is -2.40. The number of ether oxygens (including phenoxy) is 1. The molecular formula is C19H25N5O4S2. The SMILES string of the molecule is NC(=O)CSc1nnc(-c2cccc(S(=O)(=O)N3CCOCC3)c2)n1C1CCCC1. The van der Waals surface area contributed by atoms with E-state index in [4.69, 9.17) is 10.5 Å². The van der Waals surface area contributed by atoms with E-state index in [-0.39, 0.29) is 16.7 Å². The Hall–Kier alpha value is -1.95. The van der Waals surface area contributed by atoms with Gasteiger partial charge in [0.2, 0.25) is 15.9 Å². The minimum Gasteiger partial charge on any atom is -0.379 e. The standard InChI is InChI=1S/C19H25N5O4S2/c20-17(25)13-29-19-22-21-18(24(19)15-5-1-2-6-15)14-4-3-7-16(12-14)30(26,27)23-8-10-28-11-9-23/h3-4,7,12,15H,1-2,5-6,8-11,13H2,(H2,20,25). The number of hydrogen-bond acceptors (Lipinski definition) is 7. The highest BCUT2D eigenvalue weighted by molar-refractivity contribution is 7.99. The molecule has 4 rings (SSSR count). The van der Waals surface area contributed by atoms with Crippen molar-refractivity contribution in [1.29, 1.82) is 0 Å². The van der Waals surface area contributed by atoms with Gasteiger partial charge in [-0.2, -0.15) is 4.31 Å². The Morgan fingerprint density at radius 1 is 1.20 bits per heavy atom. The molecule has 30 heavy (non-hydrogen) atoms. The molecule has 1 saturated carbocycles. The number of sulfonamides is 1. The number of amides is 1. The lowest BCUT2D eigenvalue weighted by Gasteiger charge is -2.26. The maximum absolute atomic E-state index is 13.1. The Labute approximate surface area is 180 Å². The van der Waals surface area contributed by atoms with Crippen LogP contribution in [0.5, 0.6) is 0 Å². The Balaban J connectivity index is 1.70. The van der Waals surface area contributed by atoms with Crippen LogP contribution < -0.4 is 5.73 Å². The predicted octanol–water partition coefficient (Wildman–Crippen LogP) is 1.66. The molecule has 2 heterocycles. The molecule has 1 saturated heterocycles. The largest absolute Gasteiger partial charge is 0.379 e. The molecule has 0 unspecified atom stereocenters. The van der Waals surface area contributed by atoms with Crippen molar-refractivity contribution in [3.05, 3.63) is 24.3 Å². The van der Waals surface area contributed by atoms with Crippen molar-refractivity contribution in [2.24, 2.45) is 5.73 Å². The highest BCUT2D eigenvalue weighted by Crippen LogP contribution is 2.37.